The highest BCUT2D eigenvalue weighted by Gasteiger charge is 2.13. The first-order valence-electron chi connectivity index (χ1n) is 6.75. The Bertz CT molecular complexity index is 778. The van der Waals surface area contributed by atoms with Gasteiger partial charge in [0.05, 0.1) is 10.6 Å². The monoisotopic (exact) mass is 345 g/mol. The summed E-state index contributed by atoms with van der Waals surface area (Å²) in [4.78, 5) is 4.62. The van der Waals surface area contributed by atoms with Crippen molar-refractivity contribution in [2.24, 2.45) is 0 Å². The molecule has 0 amide bonds. The second-order valence-corrected chi connectivity index (χ2v) is 5.94. The summed E-state index contributed by atoms with van der Waals surface area (Å²) < 4.78 is 8.44. The van der Waals surface area contributed by atoms with E-state index in [1.807, 2.05) is 60.8 Å². The molecule has 4 nitrogen and oxygen atoms in total. The van der Waals surface area contributed by atoms with Crippen molar-refractivity contribution in [1.82, 2.24) is 9.38 Å². The van der Waals surface area contributed by atoms with E-state index in [2.05, 4.69) is 20.9 Å². The summed E-state index contributed by atoms with van der Waals surface area (Å²) >= 11 is 3.50. The van der Waals surface area contributed by atoms with Crippen molar-refractivity contribution < 1.29 is 4.74 Å². The molecule has 0 aliphatic carbocycles. The largest absolute Gasteiger partial charge is 0.491 e. The predicted octanol–water partition coefficient (Wildman–Crippen LogP) is 4.13. The van der Waals surface area contributed by atoms with Gasteiger partial charge >= 0.3 is 0 Å². The second-order valence-electron chi connectivity index (χ2n) is 5.09. The van der Waals surface area contributed by atoms with Crippen molar-refractivity contribution in [2.45, 2.75) is 20.0 Å². The van der Waals surface area contributed by atoms with Gasteiger partial charge in [-0.2, -0.15) is 0 Å². The van der Waals surface area contributed by atoms with Gasteiger partial charge in [-0.3, -0.25) is 4.40 Å². The van der Waals surface area contributed by atoms with Crippen LogP contribution in [0.3, 0.4) is 0 Å². The van der Waals surface area contributed by atoms with Gasteiger partial charge in [0, 0.05) is 11.8 Å². The number of hydrogen-bond acceptors (Lipinski definition) is 3. The minimum absolute atomic E-state index is 0.159. The van der Waals surface area contributed by atoms with Gasteiger partial charge in [0.1, 0.15) is 17.3 Å². The number of benzene rings is 1. The Morgan fingerprint density at radius 2 is 1.90 bits per heavy atom. The van der Waals surface area contributed by atoms with Gasteiger partial charge in [-0.25, -0.2) is 4.98 Å². The number of pyridine rings is 1. The highest BCUT2D eigenvalue weighted by Crippen LogP contribution is 2.30. The molecular weight excluding hydrogens is 330 g/mol. The molecule has 2 N–H and O–H groups in total. The van der Waals surface area contributed by atoms with Crippen molar-refractivity contribution in [3.63, 3.8) is 0 Å². The number of anilines is 1. The average molecular weight is 346 g/mol. The maximum absolute atomic E-state index is 6.21. The first-order valence-corrected chi connectivity index (χ1v) is 7.54. The summed E-state index contributed by atoms with van der Waals surface area (Å²) in [7, 11) is 0. The van der Waals surface area contributed by atoms with E-state index in [0.717, 1.165) is 27.1 Å². The Balaban J connectivity index is 2.04. The van der Waals surface area contributed by atoms with Crippen LogP contribution in [0, 0.1) is 0 Å². The summed E-state index contributed by atoms with van der Waals surface area (Å²) in [6.45, 7) is 4.01. The third kappa shape index (κ3) is 2.61. The lowest BCUT2D eigenvalue weighted by Crippen LogP contribution is -2.05. The lowest BCUT2D eigenvalue weighted by molar-refractivity contribution is 0.242. The number of nitrogens with zero attached hydrogens (tertiary/aromatic N) is 2. The molecule has 0 atom stereocenters. The molecule has 2 aromatic heterocycles. The molecule has 1 aromatic carbocycles. The SMILES string of the molecule is CC(C)Oc1ccc(-c2nc3c(Br)cccn3c2N)cc1. The Morgan fingerprint density at radius 1 is 1.19 bits per heavy atom. The van der Waals surface area contributed by atoms with Gasteiger partial charge in [0.15, 0.2) is 5.65 Å². The Hall–Kier alpha value is -2.01. The van der Waals surface area contributed by atoms with Gasteiger partial charge in [0.25, 0.3) is 0 Å². The minimum atomic E-state index is 0.159. The molecule has 21 heavy (non-hydrogen) atoms. The van der Waals surface area contributed by atoms with Crippen molar-refractivity contribution in [1.29, 1.82) is 0 Å². The van der Waals surface area contributed by atoms with Crippen LogP contribution in [0.5, 0.6) is 5.75 Å². The van der Waals surface area contributed by atoms with Crippen LogP contribution in [0.25, 0.3) is 16.9 Å². The van der Waals surface area contributed by atoms with Crippen LogP contribution in [0.2, 0.25) is 0 Å². The molecule has 0 saturated heterocycles. The van der Waals surface area contributed by atoms with E-state index in [9.17, 15) is 0 Å². The summed E-state index contributed by atoms with van der Waals surface area (Å²) in [5.74, 6) is 1.47. The van der Waals surface area contributed by atoms with Crippen molar-refractivity contribution in [2.75, 3.05) is 5.73 Å². The van der Waals surface area contributed by atoms with E-state index in [4.69, 9.17) is 10.5 Å². The van der Waals surface area contributed by atoms with E-state index >= 15 is 0 Å². The molecule has 0 aliphatic heterocycles. The van der Waals surface area contributed by atoms with Gasteiger partial charge < -0.3 is 10.5 Å². The zero-order valence-electron chi connectivity index (χ0n) is 11.9. The number of aromatic nitrogens is 2. The van der Waals surface area contributed by atoms with Gasteiger partial charge in [-0.05, 0) is 66.2 Å². The molecule has 0 radical (unpaired) electrons. The number of rotatable bonds is 3. The number of hydrogen-bond donors (Lipinski definition) is 1. The Kier molecular flexibility index (Phi) is 3.59. The fourth-order valence-corrected chi connectivity index (χ4v) is 2.66. The molecule has 0 fully saturated rings. The predicted molar refractivity (Wildman–Crippen MR) is 88.5 cm³/mol. The van der Waals surface area contributed by atoms with Gasteiger partial charge in [-0.1, -0.05) is 0 Å². The molecule has 0 bridgehead atoms. The van der Waals surface area contributed by atoms with E-state index in [-0.39, 0.29) is 6.10 Å². The highest BCUT2D eigenvalue weighted by molar-refractivity contribution is 9.10. The summed E-state index contributed by atoms with van der Waals surface area (Å²) in [5.41, 5.74) is 8.77. The zero-order chi connectivity index (χ0) is 15.0. The van der Waals surface area contributed by atoms with Crippen LogP contribution in [-0.2, 0) is 0 Å². The topological polar surface area (TPSA) is 52.5 Å². The molecule has 3 rings (SSSR count). The molecular formula is C16H16BrN3O. The van der Waals surface area contributed by atoms with E-state index < -0.39 is 0 Å². The van der Waals surface area contributed by atoms with Gasteiger partial charge in [-0.15, -0.1) is 0 Å². The first kappa shape index (κ1) is 13.9. The standard InChI is InChI=1S/C16H16BrN3O/c1-10(2)21-12-7-5-11(6-8-12)14-15(18)20-9-3-4-13(17)16(20)19-14/h3-10H,18H2,1-2H3. The molecule has 3 aromatic rings. The number of ether oxygens (including phenoxy) is 1. The van der Waals surface area contributed by atoms with Crippen LogP contribution in [0.15, 0.2) is 47.1 Å². The molecule has 108 valence electrons. The number of halogens is 1. The van der Waals surface area contributed by atoms with Crippen molar-refractivity contribution >= 4 is 27.4 Å². The minimum Gasteiger partial charge on any atom is -0.491 e. The summed E-state index contributed by atoms with van der Waals surface area (Å²) in [6, 6.07) is 11.7. The lowest BCUT2D eigenvalue weighted by Gasteiger charge is -2.09. The first-order chi connectivity index (χ1) is 10.1. The van der Waals surface area contributed by atoms with E-state index in [1.54, 1.807) is 0 Å². The molecule has 5 heteroatoms. The van der Waals surface area contributed by atoms with E-state index in [1.165, 1.54) is 0 Å². The number of nitrogen functional groups attached to an aromatic ring is 1. The number of imidazole rings is 1. The maximum atomic E-state index is 6.21. The fourth-order valence-electron chi connectivity index (χ4n) is 2.23. The molecule has 0 unspecified atom stereocenters. The average Bonchev–Trinajstić information content (AvgIpc) is 2.78. The third-order valence-electron chi connectivity index (χ3n) is 3.14. The zero-order valence-corrected chi connectivity index (χ0v) is 13.5. The van der Waals surface area contributed by atoms with Crippen LogP contribution in [0.1, 0.15) is 13.8 Å². The number of nitrogens with two attached hydrogens (primary N) is 1. The van der Waals surface area contributed by atoms with Crippen LogP contribution in [-0.4, -0.2) is 15.5 Å². The molecule has 0 saturated carbocycles. The smallest absolute Gasteiger partial charge is 0.153 e. The van der Waals surface area contributed by atoms with Crippen molar-refractivity contribution in [3.05, 3.63) is 47.1 Å². The van der Waals surface area contributed by atoms with Gasteiger partial charge in [0.2, 0.25) is 0 Å². The van der Waals surface area contributed by atoms with Crippen LogP contribution < -0.4 is 10.5 Å². The highest BCUT2D eigenvalue weighted by atomic mass is 79.9. The maximum Gasteiger partial charge on any atom is 0.153 e. The summed E-state index contributed by atoms with van der Waals surface area (Å²) in [5, 5.41) is 0. The normalized spacial score (nSPS) is 11.2. The Morgan fingerprint density at radius 3 is 2.52 bits per heavy atom. The summed E-state index contributed by atoms with van der Waals surface area (Å²) in [6.07, 6.45) is 2.06. The van der Waals surface area contributed by atoms with Crippen LogP contribution in [0.4, 0.5) is 5.82 Å². The second kappa shape index (κ2) is 5.41. The third-order valence-corrected chi connectivity index (χ3v) is 3.76. The molecule has 0 aliphatic rings. The Labute approximate surface area is 131 Å². The molecule has 0 spiro atoms. The van der Waals surface area contributed by atoms with Crippen molar-refractivity contribution in [3.8, 4) is 17.0 Å². The van der Waals surface area contributed by atoms with E-state index in [0.29, 0.717) is 5.82 Å². The van der Waals surface area contributed by atoms with Crippen LogP contribution >= 0.6 is 15.9 Å². The number of fused-ring (bicyclic) bond motifs is 1. The lowest BCUT2D eigenvalue weighted by atomic mass is 10.1. The molecule has 2 heterocycles. The fraction of sp³-hybridized carbons (Fsp3) is 0.188. The quantitative estimate of drug-likeness (QED) is 0.776.